The Balaban J connectivity index is 0.00000243. The zero-order chi connectivity index (χ0) is 17.6. The van der Waals surface area contributed by atoms with Crippen LogP contribution < -0.4 is 5.32 Å². The van der Waals surface area contributed by atoms with E-state index in [-0.39, 0.29) is 36.0 Å². The van der Waals surface area contributed by atoms with Crippen LogP contribution in [-0.2, 0) is 16.1 Å². The molecule has 1 atom stereocenters. The van der Waals surface area contributed by atoms with Crippen LogP contribution in [0, 0.1) is 6.92 Å². The summed E-state index contributed by atoms with van der Waals surface area (Å²) in [5.41, 5.74) is 2.92. The molecular weight excluding hydrogens is 465 g/mol. The molecule has 0 spiro atoms. The highest BCUT2D eigenvalue weighted by molar-refractivity contribution is 14.0. The van der Waals surface area contributed by atoms with Gasteiger partial charge < -0.3 is 19.9 Å². The van der Waals surface area contributed by atoms with Gasteiger partial charge in [0, 0.05) is 44.2 Å². The van der Waals surface area contributed by atoms with Crippen LogP contribution in [0.3, 0.4) is 0 Å². The van der Waals surface area contributed by atoms with Gasteiger partial charge in [0.25, 0.3) is 5.91 Å². The molecule has 0 bridgehead atoms. The van der Waals surface area contributed by atoms with Crippen LogP contribution >= 0.6 is 35.3 Å². The number of hydrogen-bond acceptors (Lipinski definition) is 5. The van der Waals surface area contributed by atoms with Gasteiger partial charge in [-0.2, -0.15) is 0 Å². The lowest BCUT2D eigenvalue weighted by Gasteiger charge is -2.37. The summed E-state index contributed by atoms with van der Waals surface area (Å²) in [4.78, 5) is 26.9. The molecule has 1 unspecified atom stereocenters. The Morgan fingerprint density at radius 1 is 1.38 bits per heavy atom. The zero-order valence-electron chi connectivity index (χ0n) is 15.4. The lowest BCUT2D eigenvalue weighted by atomic mass is 10.2. The lowest BCUT2D eigenvalue weighted by Crippen LogP contribution is -2.55. The average molecular weight is 493 g/mol. The SMILES string of the molecule is CCNC(=NCc1scnc1C)N1CCN(C(=O)C2CCCO2)CC1.I. The highest BCUT2D eigenvalue weighted by Crippen LogP contribution is 2.17. The first-order valence-electron chi connectivity index (χ1n) is 9.01. The normalized spacial score (nSPS) is 20.8. The Kier molecular flexibility index (Phi) is 8.55. The lowest BCUT2D eigenvalue weighted by molar-refractivity contribution is -0.142. The van der Waals surface area contributed by atoms with Crippen molar-refractivity contribution in [1.29, 1.82) is 0 Å². The van der Waals surface area contributed by atoms with Crippen LogP contribution in [0.1, 0.15) is 30.3 Å². The summed E-state index contributed by atoms with van der Waals surface area (Å²) >= 11 is 1.64. The number of carbonyl (C=O) groups excluding carboxylic acids is 1. The maximum Gasteiger partial charge on any atom is 0.251 e. The second-order valence-electron chi connectivity index (χ2n) is 6.35. The minimum atomic E-state index is -0.220. The van der Waals surface area contributed by atoms with Crippen LogP contribution in [0.25, 0.3) is 0 Å². The summed E-state index contributed by atoms with van der Waals surface area (Å²) in [6.07, 6.45) is 1.63. The summed E-state index contributed by atoms with van der Waals surface area (Å²) < 4.78 is 5.53. The molecule has 2 aliphatic rings. The molecule has 3 heterocycles. The smallest absolute Gasteiger partial charge is 0.251 e. The van der Waals surface area contributed by atoms with Gasteiger partial charge >= 0.3 is 0 Å². The van der Waals surface area contributed by atoms with Gasteiger partial charge in [0.2, 0.25) is 0 Å². The highest BCUT2D eigenvalue weighted by Gasteiger charge is 2.30. The first-order valence-corrected chi connectivity index (χ1v) is 9.89. The monoisotopic (exact) mass is 493 g/mol. The second-order valence-corrected chi connectivity index (χ2v) is 7.28. The van der Waals surface area contributed by atoms with Crippen molar-refractivity contribution in [2.75, 3.05) is 39.3 Å². The van der Waals surface area contributed by atoms with Gasteiger partial charge in [0.05, 0.1) is 17.7 Å². The highest BCUT2D eigenvalue weighted by atomic mass is 127. The summed E-state index contributed by atoms with van der Waals surface area (Å²) in [6.45, 7) is 9.33. The van der Waals surface area contributed by atoms with Crippen molar-refractivity contribution in [1.82, 2.24) is 20.1 Å². The first kappa shape index (κ1) is 21.4. The van der Waals surface area contributed by atoms with Gasteiger partial charge in [-0.25, -0.2) is 9.98 Å². The topological polar surface area (TPSA) is 70.1 Å². The molecule has 146 valence electrons. The van der Waals surface area contributed by atoms with Crippen LogP contribution in [-0.4, -0.2) is 72.1 Å². The number of aliphatic imine (C=N–C) groups is 1. The first-order chi connectivity index (χ1) is 12.2. The van der Waals surface area contributed by atoms with E-state index in [4.69, 9.17) is 9.73 Å². The fraction of sp³-hybridized carbons (Fsp3) is 0.706. The number of ether oxygens (including phenoxy) is 1. The molecule has 0 saturated carbocycles. The maximum absolute atomic E-state index is 12.5. The minimum Gasteiger partial charge on any atom is -0.368 e. The quantitative estimate of drug-likeness (QED) is 0.394. The summed E-state index contributed by atoms with van der Waals surface area (Å²) in [7, 11) is 0. The predicted octanol–water partition coefficient (Wildman–Crippen LogP) is 1.86. The van der Waals surface area contributed by atoms with E-state index in [1.54, 1.807) is 11.3 Å². The number of hydrogen-bond donors (Lipinski definition) is 1. The Hall–Kier alpha value is -0.940. The molecule has 1 aromatic rings. The Labute approximate surface area is 176 Å². The van der Waals surface area contributed by atoms with Crippen molar-refractivity contribution in [3.8, 4) is 0 Å². The maximum atomic E-state index is 12.5. The number of nitrogens with one attached hydrogen (secondary N) is 1. The number of aryl methyl sites for hydroxylation is 1. The number of rotatable bonds is 4. The van der Waals surface area contributed by atoms with Crippen molar-refractivity contribution in [2.24, 2.45) is 4.99 Å². The molecule has 26 heavy (non-hydrogen) atoms. The number of guanidine groups is 1. The molecule has 0 aliphatic carbocycles. The minimum absolute atomic E-state index is 0. The third-order valence-corrected chi connectivity index (χ3v) is 5.57. The summed E-state index contributed by atoms with van der Waals surface area (Å²) in [5, 5.41) is 3.37. The zero-order valence-corrected chi connectivity index (χ0v) is 18.6. The number of piperazine rings is 1. The van der Waals surface area contributed by atoms with E-state index in [0.29, 0.717) is 13.2 Å². The Bertz CT molecular complexity index is 610. The standard InChI is InChI=1S/C17H27N5O2S.HI/c1-3-18-17(19-11-15-13(2)20-12-25-15)22-8-6-21(7-9-22)16(23)14-5-4-10-24-14;/h12,14H,3-11H2,1-2H3,(H,18,19);1H. The number of aromatic nitrogens is 1. The Morgan fingerprint density at radius 2 is 2.12 bits per heavy atom. The van der Waals surface area contributed by atoms with Gasteiger partial charge in [0.15, 0.2) is 5.96 Å². The molecule has 0 aromatic carbocycles. The third kappa shape index (κ3) is 5.29. The van der Waals surface area contributed by atoms with Gasteiger partial charge in [-0.1, -0.05) is 0 Å². The molecule has 3 rings (SSSR count). The number of carbonyl (C=O) groups is 1. The van der Waals surface area contributed by atoms with Gasteiger partial charge in [-0.15, -0.1) is 35.3 Å². The summed E-state index contributed by atoms with van der Waals surface area (Å²) in [5.74, 6) is 1.07. The largest absolute Gasteiger partial charge is 0.368 e. The number of amides is 1. The molecule has 1 N–H and O–H groups in total. The third-order valence-electron chi connectivity index (χ3n) is 4.65. The van der Waals surface area contributed by atoms with E-state index in [2.05, 4.69) is 22.1 Å². The molecule has 1 aromatic heterocycles. The molecule has 7 nitrogen and oxygen atoms in total. The van der Waals surface area contributed by atoms with E-state index in [9.17, 15) is 4.79 Å². The van der Waals surface area contributed by atoms with Gasteiger partial charge in [-0.05, 0) is 26.7 Å². The molecule has 2 fully saturated rings. The van der Waals surface area contributed by atoms with Crippen molar-refractivity contribution in [2.45, 2.75) is 39.3 Å². The van der Waals surface area contributed by atoms with E-state index in [1.165, 1.54) is 4.88 Å². The molecule has 2 saturated heterocycles. The fourth-order valence-corrected chi connectivity index (χ4v) is 3.87. The number of halogens is 1. The van der Waals surface area contributed by atoms with Crippen molar-refractivity contribution < 1.29 is 9.53 Å². The van der Waals surface area contributed by atoms with Gasteiger partial charge in [0.1, 0.15) is 6.10 Å². The second kappa shape index (κ2) is 10.4. The van der Waals surface area contributed by atoms with Crippen LogP contribution in [0.5, 0.6) is 0 Å². The molecule has 0 radical (unpaired) electrons. The molecule has 1 amide bonds. The number of nitrogens with zero attached hydrogens (tertiary/aromatic N) is 4. The van der Waals surface area contributed by atoms with Crippen LogP contribution in [0.4, 0.5) is 0 Å². The fourth-order valence-electron chi connectivity index (χ4n) is 3.17. The van der Waals surface area contributed by atoms with Crippen LogP contribution in [0.2, 0.25) is 0 Å². The van der Waals surface area contributed by atoms with E-state index in [0.717, 1.165) is 57.2 Å². The number of thiazole rings is 1. The van der Waals surface area contributed by atoms with Crippen LogP contribution in [0.15, 0.2) is 10.5 Å². The predicted molar refractivity (Wildman–Crippen MR) is 114 cm³/mol. The van der Waals surface area contributed by atoms with E-state index >= 15 is 0 Å². The van der Waals surface area contributed by atoms with E-state index in [1.807, 2.05) is 17.3 Å². The van der Waals surface area contributed by atoms with Gasteiger partial charge in [-0.3, -0.25) is 4.79 Å². The Morgan fingerprint density at radius 3 is 2.69 bits per heavy atom. The average Bonchev–Trinajstić information content (AvgIpc) is 3.30. The van der Waals surface area contributed by atoms with Crippen molar-refractivity contribution >= 4 is 47.2 Å². The molecule has 9 heteroatoms. The van der Waals surface area contributed by atoms with Crippen molar-refractivity contribution in [3.63, 3.8) is 0 Å². The van der Waals surface area contributed by atoms with E-state index < -0.39 is 0 Å². The van der Waals surface area contributed by atoms with Crippen molar-refractivity contribution in [3.05, 3.63) is 16.1 Å². The summed E-state index contributed by atoms with van der Waals surface area (Å²) in [6, 6.07) is 0. The molecule has 2 aliphatic heterocycles. The molecular formula is C17H28IN5O2S.